The van der Waals surface area contributed by atoms with Gasteiger partial charge in [-0.2, -0.15) is 0 Å². The second-order valence-corrected chi connectivity index (χ2v) is 4.92. The van der Waals surface area contributed by atoms with Crippen LogP contribution in [0.4, 0.5) is 4.79 Å². The number of piperazine rings is 1. The van der Waals surface area contributed by atoms with Crippen LogP contribution in [0.1, 0.15) is 26.7 Å². The summed E-state index contributed by atoms with van der Waals surface area (Å²) in [4.78, 5) is 25.7. The van der Waals surface area contributed by atoms with E-state index in [2.05, 4.69) is 10.6 Å². The fourth-order valence-corrected chi connectivity index (χ4v) is 2.11. The van der Waals surface area contributed by atoms with E-state index in [0.29, 0.717) is 19.7 Å². The number of esters is 1. The molecule has 1 amide bonds. The highest BCUT2D eigenvalue weighted by molar-refractivity contribution is 5.84. The number of unbranched alkanes of at least 4 members (excludes halogenated alkanes) is 1. The number of alkyl carbamates (subject to hydrolysis) is 1. The van der Waals surface area contributed by atoms with Gasteiger partial charge < -0.3 is 14.8 Å². The molecule has 7 nitrogen and oxygen atoms in total. The van der Waals surface area contributed by atoms with Crippen LogP contribution in [0.15, 0.2) is 0 Å². The highest BCUT2D eigenvalue weighted by Crippen LogP contribution is 2.15. The van der Waals surface area contributed by atoms with Gasteiger partial charge in [-0.05, 0) is 13.3 Å². The zero-order valence-electron chi connectivity index (χ0n) is 12.5. The zero-order chi connectivity index (χ0) is 15.0. The largest absolute Gasteiger partial charge is 0.466 e. The Hall–Kier alpha value is -1.34. The Morgan fingerprint density at radius 3 is 2.55 bits per heavy atom. The highest BCUT2D eigenvalue weighted by atomic mass is 16.6. The molecule has 1 aliphatic rings. The van der Waals surface area contributed by atoms with Crippen molar-refractivity contribution in [1.29, 1.82) is 0 Å². The molecule has 0 aliphatic carbocycles. The molecule has 0 aromatic heterocycles. The quantitative estimate of drug-likeness (QED) is 0.540. The SMILES string of the molecule is CCCCOC(=O)NC(C)(C(=O)OC)N1CCNCC1. The molecule has 1 heterocycles. The van der Waals surface area contributed by atoms with Crippen LogP contribution in [0.25, 0.3) is 0 Å². The molecule has 0 bridgehead atoms. The number of methoxy groups -OCH3 is 1. The molecule has 116 valence electrons. The molecule has 1 fully saturated rings. The molecule has 1 rings (SSSR count). The van der Waals surface area contributed by atoms with E-state index >= 15 is 0 Å². The first-order chi connectivity index (χ1) is 9.54. The van der Waals surface area contributed by atoms with E-state index < -0.39 is 17.7 Å². The summed E-state index contributed by atoms with van der Waals surface area (Å²) in [6.45, 7) is 6.84. The second-order valence-electron chi connectivity index (χ2n) is 4.92. The number of carbonyl (C=O) groups excluding carboxylic acids is 2. The molecular weight excluding hydrogens is 262 g/mol. The molecule has 20 heavy (non-hydrogen) atoms. The van der Waals surface area contributed by atoms with Gasteiger partial charge in [0.1, 0.15) is 0 Å². The minimum absolute atomic E-state index is 0.348. The fraction of sp³-hybridized carbons (Fsp3) is 0.846. The van der Waals surface area contributed by atoms with Crippen LogP contribution in [0.5, 0.6) is 0 Å². The van der Waals surface area contributed by atoms with Crippen molar-refractivity contribution in [3.05, 3.63) is 0 Å². The van der Waals surface area contributed by atoms with Crippen molar-refractivity contribution in [3.8, 4) is 0 Å². The molecule has 1 unspecified atom stereocenters. The first kappa shape index (κ1) is 16.7. The zero-order valence-corrected chi connectivity index (χ0v) is 12.5. The predicted octanol–water partition coefficient (Wildman–Crippen LogP) is 0.307. The van der Waals surface area contributed by atoms with E-state index in [4.69, 9.17) is 9.47 Å². The molecule has 0 aromatic carbocycles. The number of hydrogen-bond acceptors (Lipinski definition) is 6. The summed E-state index contributed by atoms with van der Waals surface area (Å²) in [6, 6.07) is 0. The van der Waals surface area contributed by atoms with Crippen molar-refractivity contribution in [2.75, 3.05) is 39.9 Å². The van der Waals surface area contributed by atoms with Gasteiger partial charge in [-0.1, -0.05) is 13.3 Å². The van der Waals surface area contributed by atoms with Gasteiger partial charge in [0, 0.05) is 26.2 Å². The van der Waals surface area contributed by atoms with Gasteiger partial charge in [-0.25, -0.2) is 9.59 Å². The Kier molecular flexibility index (Phi) is 6.74. The summed E-state index contributed by atoms with van der Waals surface area (Å²) in [5.74, 6) is -0.494. The third kappa shape index (κ3) is 4.35. The van der Waals surface area contributed by atoms with Crippen molar-refractivity contribution >= 4 is 12.1 Å². The second kappa shape index (κ2) is 8.06. The van der Waals surface area contributed by atoms with E-state index in [0.717, 1.165) is 25.9 Å². The number of hydrogen-bond donors (Lipinski definition) is 2. The molecule has 0 aromatic rings. The molecule has 7 heteroatoms. The summed E-state index contributed by atoms with van der Waals surface area (Å²) in [5, 5.41) is 5.84. The Balaban J connectivity index is 2.67. The number of nitrogens with zero attached hydrogens (tertiary/aromatic N) is 1. The number of nitrogens with one attached hydrogen (secondary N) is 2. The fourth-order valence-electron chi connectivity index (χ4n) is 2.11. The third-order valence-corrected chi connectivity index (χ3v) is 3.41. The molecule has 0 saturated carbocycles. The van der Waals surface area contributed by atoms with Gasteiger partial charge in [0.25, 0.3) is 0 Å². The Morgan fingerprint density at radius 1 is 1.35 bits per heavy atom. The van der Waals surface area contributed by atoms with Gasteiger partial charge in [-0.3, -0.25) is 10.2 Å². The average molecular weight is 287 g/mol. The number of rotatable bonds is 6. The van der Waals surface area contributed by atoms with Crippen LogP contribution in [0, 0.1) is 0 Å². The van der Waals surface area contributed by atoms with Crippen molar-refractivity contribution < 1.29 is 19.1 Å². The molecule has 0 radical (unpaired) electrons. The maximum absolute atomic E-state index is 12.0. The van der Waals surface area contributed by atoms with Gasteiger partial charge in [-0.15, -0.1) is 0 Å². The van der Waals surface area contributed by atoms with Gasteiger partial charge >= 0.3 is 12.1 Å². The molecular formula is C13H25N3O4. The topological polar surface area (TPSA) is 79.9 Å². The predicted molar refractivity (Wildman–Crippen MR) is 74.3 cm³/mol. The van der Waals surface area contributed by atoms with Crippen molar-refractivity contribution in [2.45, 2.75) is 32.4 Å². The van der Waals surface area contributed by atoms with E-state index in [1.165, 1.54) is 7.11 Å². The highest BCUT2D eigenvalue weighted by Gasteiger charge is 2.43. The summed E-state index contributed by atoms with van der Waals surface area (Å²) < 4.78 is 9.89. The van der Waals surface area contributed by atoms with Crippen molar-refractivity contribution in [1.82, 2.24) is 15.5 Å². The standard InChI is InChI=1S/C13H25N3O4/c1-4-5-10-20-12(18)15-13(2,11(17)19-3)16-8-6-14-7-9-16/h14H,4-10H2,1-3H3,(H,15,18). The number of amides is 1. The Labute approximate surface area is 120 Å². The Bertz CT molecular complexity index is 332. The lowest BCUT2D eigenvalue weighted by atomic mass is 10.1. The lowest BCUT2D eigenvalue weighted by molar-refractivity contribution is -0.157. The molecule has 2 N–H and O–H groups in total. The Morgan fingerprint density at radius 2 is 2.00 bits per heavy atom. The number of carbonyl (C=O) groups is 2. The monoisotopic (exact) mass is 287 g/mol. The van der Waals surface area contributed by atoms with Crippen LogP contribution < -0.4 is 10.6 Å². The molecule has 1 saturated heterocycles. The normalized spacial score (nSPS) is 18.9. The van der Waals surface area contributed by atoms with Crippen molar-refractivity contribution in [3.63, 3.8) is 0 Å². The van der Waals surface area contributed by atoms with Gasteiger partial charge in [0.2, 0.25) is 0 Å². The number of ether oxygens (including phenoxy) is 2. The molecule has 0 spiro atoms. The molecule has 1 atom stereocenters. The summed E-state index contributed by atoms with van der Waals surface area (Å²) in [6.07, 6.45) is 1.15. The van der Waals surface area contributed by atoms with E-state index in [-0.39, 0.29) is 0 Å². The van der Waals surface area contributed by atoms with Crippen LogP contribution in [0.3, 0.4) is 0 Å². The summed E-state index contributed by atoms with van der Waals surface area (Å²) in [7, 11) is 1.31. The maximum atomic E-state index is 12.0. The van der Waals surface area contributed by atoms with Crippen LogP contribution in [0.2, 0.25) is 0 Å². The minimum atomic E-state index is -1.19. The van der Waals surface area contributed by atoms with E-state index in [1.807, 2.05) is 11.8 Å². The van der Waals surface area contributed by atoms with Crippen LogP contribution >= 0.6 is 0 Å². The molecule has 1 aliphatic heterocycles. The average Bonchev–Trinajstić information content (AvgIpc) is 2.47. The summed E-state index contributed by atoms with van der Waals surface area (Å²) >= 11 is 0. The first-order valence-corrected chi connectivity index (χ1v) is 7.03. The van der Waals surface area contributed by atoms with Crippen LogP contribution in [-0.4, -0.2) is 62.5 Å². The third-order valence-electron chi connectivity index (χ3n) is 3.41. The first-order valence-electron chi connectivity index (χ1n) is 7.03. The lowest BCUT2D eigenvalue weighted by Crippen LogP contribution is -2.67. The smallest absolute Gasteiger partial charge is 0.409 e. The van der Waals surface area contributed by atoms with Gasteiger partial charge in [0.15, 0.2) is 5.66 Å². The van der Waals surface area contributed by atoms with Crippen LogP contribution in [-0.2, 0) is 14.3 Å². The lowest BCUT2D eigenvalue weighted by Gasteiger charge is -2.41. The minimum Gasteiger partial charge on any atom is -0.466 e. The van der Waals surface area contributed by atoms with Crippen molar-refractivity contribution in [2.24, 2.45) is 0 Å². The maximum Gasteiger partial charge on any atom is 0.409 e. The van der Waals surface area contributed by atoms with E-state index in [1.54, 1.807) is 6.92 Å². The summed E-state index contributed by atoms with van der Waals surface area (Å²) in [5.41, 5.74) is -1.19. The van der Waals surface area contributed by atoms with Gasteiger partial charge in [0.05, 0.1) is 13.7 Å². The van der Waals surface area contributed by atoms with E-state index in [9.17, 15) is 9.59 Å².